The van der Waals surface area contributed by atoms with Crippen molar-refractivity contribution in [3.05, 3.63) is 65.0 Å². The van der Waals surface area contributed by atoms with Crippen molar-refractivity contribution in [3.63, 3.8) is 0 Å². The molecule has 47 heavy (non-hydrogen) atoms. The molecule has 4 aliphatic heterocycles. The van der Waals surface area contributed by atoms with E-state index in [1.807, 2.05) is 69.3 Å². The van der Waals surface area contributed by atoms with Crippen LogP contribution in [0.25, 0.3) is 0 Å². The van der Waals surface area contributed by atoms with Crippen LogP contribution in [0.4, 0.5) is 27.7 Å². The molecular weight excluding hydrogens is 594 g/mol. The van der Waals surface area contributed by atoms with Gasteiger partial charge < -0.3 is 29.9 Å². The Morgan fingerprint density at radius 3 is 2.66 bits per heavy atom. The molecule has 1 aromatic carbocycles. The summed E-state index contributed by atoms with van der Waals surface area (Å²) >= 11 is 0. The summed E-state index contributed by atoms with van der Waals surface area (Å²) < 4.78 is 11.5. The molecule has 11 heteroatoms. The largest absolute Gasteiger partial charge is 0.474 e. The number of likely N-dealkylation sites (tertiary alicyclic amines) is 1. The molecule has 2 N–H and O–H groups in total. The van der Waals surface area contributed by atoms with E-state index in [9.17, 15) is 9.59 Å². The van der Waals surface area contributed by atoms with Crippen molar-refractivity contribution >= 4 is 34.9 Å². The van der Waals surface area contributed by atoms with Gasteiger partial charge in [-0.15, -0.1) is 0 Å². The predicted molar refractivity (Wildman–Crippen MR) is 182 cm³/mol. The average Bonchev–Trinajstić information content (AvgIpc) is 3.70. The van der Waals surface area contributed by atoms with Crippen LogP contribution in [0.3, 0.4) is 0 Å². The van der Waals surface area contributed by atoms with Gasteiger partial charge in [0, 0.05) is 55.6 Å². The molecule has 0 aliphatic carbocycles. The summed E-state index contributed by atoms with van der Waals surface area (Å²) in [5.41, 5.74) is 6.62. The average molecular weight is 640 g/mol. The summed E-state index contributed by atoms with van der Waals surface area (Å²) in [5.74, 6) is 1.44. The van der Waals surface area contributed by atoms with Crippen molar-refractivity contribution in [2.75, 3.05) is 61.0 Å². The maximum absolute atomic E-state index is 13.1. The molecule has 2 aromatic heterocycles. The second kappa shape index (κ2) is 12.3. The molecule has 2 saturated heterocycles. The number of carbonyl (C=O) groups is 2. The lowest BCUT2D eigenvalue weighted by molar-refractivity contribution is -0.129. The Morgan fingerprint density at radius 2 is 1.89 bits per heavy atom. The summed E-state index contributed by atoms with van der Waals surface area (Å²) in [6.07, 6.45) is 6.96. The van der Waals surface area contributed by atoms with Gasteiger partial charge in [0.2, 0.25) is 11.8 Å². The fraction of sp³-hybridized carbons (Fsp3) is 0.500. The van der Waals surface area contributed by atoms with E-state index >= 15 is 0 Å². The molecule has 0 bridgehead atoms. The first-order valence-corrected chi connectivity index (χ1v) is 16.8. The van der Waals surface area contributed by atoms with Crippen LogP contribution in [0.2, 0.25) is 0 Å². The molecule has 11 nitrogen and oxygen atoms in total. The quantitative estimate of drug-likeness (QED) is 0.399. The van der Waals surface area contributed by atoms with Gasteiger partial charge in [0.1, 0.15) is 23.7 Å². The van der Waals surface area contributed by atoms with Gasteiger partial charge in [-0.1, -0.05) is 12.1 Å². The number of rotatable bonds is 5. The maximum Gasteiger partial charge on any atom is 0.415 e. The molecule has 2 amide bonds. The summed E-state index contributed by atoms with van der Waals surface area (Å²) in [5, 5.41) is 6.91. The van der Waals surface area contributed by atoms with Gasteiger partial charge in [0.05, 0.1) is 24.8 Å². The van der Waals surface area contributed by atoms with Crippen LogP contribution in [-0.4, -0.2) is 78.3 Å². The SMILES string of the molecule is Cc1c(N2CCc3cnc(Nc4ccc(CC(=O)N5CCC6(CCNC6)C5)cc4)cc3C2)cnc2c1N(C(=O)OC(C)(C)C)CCO2. The fourth-order valence-electron chi connectivity index (χ4n) is 7.29. The van der Waals surface area contributed by atoms with Gasteiger partial charge in [-0.2, -0.15) is 0 Å². The van der Waals surface area contributed by atoms with Gasteiger partial charge in [-0.25, -0.2) is 14.8 Å². The number of fused-ring (bicyclic) bond motifs is 2. The number of nitrogens with one attached hydrogen (secondary N) is 2. The third-order valence-corrected chi connectivity index (χ3v) is 9.82. The highest BCUT2D eigenvalue weighted by Gasteiger charge is 2.41. The summed E-state index contributed by atoms with van der Waals surface area (Å²) in [6.45, 7) is 13.7. The third kappa shape index (κ3) is 6.58. The Labute approximate surface area is 276 Å². The van der Waals surface area contributed by atoms with Crippen molar-refractivity contribution in [2.24, 2.45) is 5.41 Å². The van der Waals surface area contributed by atoms with E-state index in [1.165, 1.54) is 17.5 Å². The van der Waals surface area contributed by atoms with Crippen molar-refractivity contribution in [2.45, 2.75) is 65.5 Å². The lowest BCUT2D eigenvalue weighted by atomic mass is 9.86. The van der Waals surface area contributed by atoms with Crippen LogP contribution >= 0.6 is 0 Å². The Hall–Kier alpha value is -4.38. The predicted octanol–water partition coefficient (Wildman–Crippen LogP) is 4.98. The number of ether oxygens (including phenoxy) is 2. The van der Waals surface area contributed by atoms with Crippen LogP contribution in [-0.2, 0) is 28.9 Å². The molecule has 7 rings (SSSR count). The van der Waals surface area contributed by atoms with Crippen LogP contribution in [0.15, 0.2) is 42.7 Å². The van der Waals surface area contributed by atoms with Crippen molar-refractivity contribution in [1.29, 1.82) is 0 Å². The standard InChI is InChI=1S/C36H45N7O4/c1-24-29(20-39-33-32(24)43(15-16-46-33)34(45)47-35(2,3)4)41-13-9-26-19-38-30(18-27(26)21-41)40-28-7-5-25(6-8-28)17-31(44)42-14-11-36(23-42)10-12-37-22-36/h5-8,18-20,37H,9-17,21-23H2,1-4H3,(H,38,40). The molecule has 6 heterocycles. The smallest absolute Gasteiger partial charge is 0.415 e. The van der Waals surface area contributed by atoms with E-state index in [4.69, 9.17) is 14.5 Å². The van der Waals surface area contributed by atoms with E-state index in [1.54, 1.807) is 4.90 Å². The number of nitrogens with zero attached hydrogens (tertiary/aromatic N) is 5. The van der Waals surface area contributed by atoms with Gasteiger partial charge in [0.25, 0.3) is 0 Å². The minimum absolute atomic E-state index is 0.213. The Morgan fingerprint density at radius 1 is 1.06 bits per heavy atom. The summed E-state index contributed by atoms with van der Waals surface area (Å²) in [6, 6.07) is 10.2. The zero-order chi connectivity index (χ0) is 32.8. The van der Waals surface area contributed by atoms with Crippen molar-refractivity contribution < 1.29 is 19.1 Å². The normalized spacial score (nSPS) is 20.6. The van der Waals surface area contributed by atoms with E-state index in [2.05, 4.69) is 26.6 Å². The molecular formula is C36H45N7O4. The monoisotopic (exact) mass is 639 g/mol. The first kappa shape index (κ1) is 31.2. The number of pyridine rings is 2. The number of amides is 2. The highest BCUT2D eigenvalue weighted by atomic mass is 16.6. The topological polar surface area (TPSA) is 112 Å². The van der Waals surface area contributed by atoms with E-state index in [0.29, 0.717) is 37.7 Å². The Bertz CT molecular complexity index is 1660. The van der Waals surface area contributed by atoms with Crippen LogP contribution in [0.1, 0.15) is 55.9 Å². The highest BCUT2D eigenvalue weighted by molar-refractivity contribution is 5.92. The number of hydrogen-bond acceptors (Lipinski definition) is 9. The molecule has 3 aromatic rings. The molecule has 248 valence electrons. The maximum atomic E-state index is 13.1. The number of carbonyl (C=O) groups excluding carboxylic acids is 2. The molecule has 1 spiro atoms. The lowest BCUT2D eigenvalue weighted by Crippen LogP contribution is -2.42. The fourth-order valence-corrected chi connectivity index (χ4v) is 7.29. The van der Waals surface area contributed by atoms with Crippen LogP contribution in [0.5, 0.6) is 5.88 Å². The zero-order valence-corrected chi connectivity index (χ0v) is 27.9. The number of aromatic nitrogens is 2. The molecule has 1 unspecified atom stereocenters. The summed E-state index contributed by atoms with van der Waals surface area (Å²) in [7, 11) is 0. The first-order valence-electron chi connectivity index (χ1n) is 16.8. The molecule has 0 saturated carbocycles. The zero-order valence-electron chi connectivity index (χ0n) is 27.9. The van der Waals surface area contributed by atoms with Gasteiger partial charge in [0.15, 0.2) is 0 Å². The number of hydrogen-bond donors (Lipinski definition) is 2. The minimum atomic E-state index is -0.601. The third-order valence-electron chi connectivity index (χ3n) is 9.82. The molecule has 0 radical (unpaired) electrons. The first-order chi connectivity index (χ1) is 22.6. The van der Waals surface area contributed by atoms with E-state index in [-0.39, 0.29) is 11.3 Å². The van der Waals surface area contributed by atoms with Crippen LogP contribution < -0.4 is 25.2 Å². The van der Waals surface area contributed by atoms with E-state index < -0.39 is 11.7 Å². The van der Waals surface area contributed by atoms with Gasteiger partial charge >= 0.3 is 6.09 Å². The lowest BCUT2D eigenvalue weighted by Gasteiger charge is -2.35. The van der Waals surface area contributed by atoms with Crippen molar-refractivity contribution in [3.8, 4) is 5.88 Å². The minimum Gasteiger partial charge on any atom is -0.474 e. The summed E-state index contributed by atoms with van der Waals surface area (Å²) in [4.78, 5) is 41.4. The second-order valence-corrected chi connectivity index (χ2v) is 14.4. The Balaban J connectivity index is 1.01. The van der Waals surface area contributed by atoms with E-state index in [0.717, 1.165) is 73.9 Å². The van der Waals surface area contributed by atoms with Crippen molar-refractivity contribution in [1.82, 2.24) is 20.2 Å². The van der Waals surface area contributed by atoms with Gasteiger partial charge in [-0.3, -0.25) is 9.69 Å². The second-order valence-electron chi connectivity index (χ2n) is 14.4. The van der Waals surface area contributed by atoms with Gasteiger partial charge in [-0.05, 0) is 88.4 Å². The molecule has 1 atom stereocenters. The number of anilines is 4. The Kier molecular flexibility index (Phi) is 8.20. The van der Waals surface area contributed by atoms with Crippen LogP contribution in [0, 0.1) is 12.3 Å². The number of benzene rings is 1. The molecule has 2 fully saturated rings. The highest BCUT2D eigenvalue weighted by Crippen LogP contribution is 2.40. The molecule has 4 aliphatic rings.